The van der Waals surface area contributed by atoms with Gasteiger partial charge in [0.1, 0.15) is 12.4 Å². The second-order valence-electron chi connectivity index (χ2n) is 6.21. The first-order valence-electron chi connectivity index (χ1n) is 8.49. The van der Waals surface area contributed by atoms with Gasteiger partial charge in [-0.05, 0) is 70.4 Å². The lowest BCUT2D eigenvalue weighted by Gasteiger charge is -2.12. The fraction of sp³-hybridized carbons (Fsp3) is 0.0952. The van der Waals surface area contributed by atoms with Gasteiger partial charge in [-0.15, -0.1) is 0 Å². The van der Waals surface area contributed by atoms with E-state index in [0.717, 1.165) is 31.3 Å². The van der Waals surface area contributed by atoms with E-state index in [0.29, 0.717) is 10.8 Å². The van der Waals surface area contributed by atoms with Gasteiger partial charge in [0.25, 0.3) is 5.69 Å². The number of nitro groups is 1. The second-order valence-corrected chi connectivity index (χ2v) is 8.39. The van der Waals surface area contributed by atoms with E-state index in [1.54, 1.807) is 24.4 Å². The number of benzene rings is 3. The van der Waals surface area contributed by atoms with E-state index < -0.39 is 4.92 Å². The number of rotatable bonds is 6. The van der Waals surface area contributed by atoms with Gasteiger partial charge in [0.15, 0.2) is 0 Å². The summed E-state index contributed by atoms with van der Waals surface area (Å²) in [6.45, 7) is 2.20. The van der Waals surface area contributed by atoms with Gasteiger partial charge < -0.3 is 4.74 Å². The smallest absolute Gasteiger partial charge is 0.269 e. The van der Waals surface area contributed by atoms with E-state index >= 15 is 0 Å². The van der Waals surface area contributed by atoms with E-state index in [1.807, 2.05) is 31.2 Å². The van der Waals surface area contributed by atoms with Crippen LogP contribution in [0.15, 0.2) is 68.5 Å². The van der Waals surface area contributed by atoms with Crippen LogP contribution < -0.4 is 4.74 Å². The fourth-order valence-corrected chi connectivity index (χ4v) is 4.05. The summed E-state index contributed by atoms with van der Waals surface area (Å²) in [6, 6.07) is 15.6. The number of aliphatic imine (C=N–C) groups is 1. The van der Waals surface area contributed by atoms with Gasteiger partial charge in [0.05, 0.1) is 15.1 Å². The standard InChI is InChI=1S/C21H15Br2ClN2O3/c1-13-2-5-17(10-20(13)24)25-11-15-8-16(22)9-19(23)21(15)29-12-14-3-6-18(7-4-14)26(27)28/h2-11H,12H2,1H3. The zero-order chi connectivity index (χ0) is 21.0. The highest BCUT2D eigenvalue weighted by atomic mass is 79.9. The monoisotopic (exact) mass is 536 g/mol. The quantitative estimate of drug-likeness (QED) is 0.186. The highest BCUT2D eigenvalue weighted by Gasteiger charge is 2.11. The lowest BCUT2D eigenvalue weighted by molar-refractivity contribution is -0.384. The number of non-ortho nitro benzene ring substituents is 1. The van der Waals surface area contributed by atoms with Crippen molar-refractivity contribution in [3.8, 4) is 5.75 Å². The molecule has 0 aliphatic heterocycles. The van der Waals surface area contributed by atoms with Crippen LogP contribution in [0.3, 0.4) is 0 Å². The van der Waals surface area contributed by atoms with E-state index in [-0.39, 0.29) is 12.3 Å². The molecule has 0 spiro atoms. The number of nitro benzene ring substituents is 1. The zero-order valence-electron chi connectivity index (χ0n) is 15.2. The molecule has 3 aromatic carbocycles. The third kappa shape index (κ3) is 5.65. The van der Waals surface area contributed by atoms with Crippen molar-refractivity contribution in [2.24, 2.45) is 4.99 Å². The number of hydrogen-bond donors (Lipinski definition) is 0. The molecule has 0 heterocycles. The summed E-state index contributed by atoms with van der Waals surface area (Å²) < 4.78 is 7.62. The first-order valence-corrected chi connectivity index (χ1v) is 10.5. The highest BCUT2D eigenvalue weighted by molar-refractivity contribution is 9.11. The zero-order valence-corrected chi connectivity index (χ0v) is 19.2. The van der Waals surface area contributed by atoms with Crippen molar-refractivity contribution in [3.63, 3.8) is 0 Å². The van der Waals surface area contributed by atoms with Crippen molar-refractivity contribution in [2.45, 2.75) is 13.5 Å². The van der Waals surface area contributed by atoms with E-state index in [2.05, 4.69) is 36.9 Å². The average Bonchev–Trinajstić information content (AvgIpc) is 2.68. The molecule has 0 saturated carbocycles. The molecule has 0 aliphatic carbocycles. The Hall–Kier alpha value is -2.22. The van der Waals surface area contributed by atoms with Crippen molar-refractivity contribution >= 4 is 61.1 Å². The topological polar surface area (TPSA) is 64.7 Å². The van der Waals surface area contributed by atoms with Crippen molar-refractivity contribution in [2.75, 3.05) is 0 Å². The SMILES string of the molecule is Cc1ccc(N=Cc2cc(Br)cc(Br)c2OCc2ccc([N+](=O)[O-])cc2)cc1Cl. The number of aryl methyl sites for hydroxylation is 1. The van der Waals surface area contributed by atoms with Gasteiger partial charge in [-0.25, -0.2) is 0 Å². The Morgan fingerprint density at radius 3 is 2.52 bits per heavy atom. The molecule has 0 aliphatic rings. The predicted octanol–water partition coefficient (Wildman–Crippen LogP) is 7.41. The third-order valence-corrected chi connectivity index (χ3v) is 5.53. The molecular weight excluding hydrogens is 524 g/mol. The van der Waals surface area contributed by atoms with Crippen LogP contribution >= 0.6 is 43.5 Å². The summed E-state index contributed by atoms with van der Waals surface area (Å²) in [6.07, 6.45) is 1.71. The van der Waals surface area contributed by atoms with Crippen LogP contribution in [-0.2, 0) is 6.61 Å². The Balaban J connectivity index is 1.83. The van der Waals surface area contributed by atoms with Crippen molar-refractivity contribution in [3.05, 3.63) is 95.4 Å². The van der Waals surface area contributed by atoms with E-state index in [1.165, 1.54) is 12.1 Å². The van der Waals surface area contributed by atoms with E-state index in [4.69, 9.17) is 16.3 Å². The summed E-state index contributed by atoms with van der Waals surface area (Å²) in [5, 5.41) is 11.4. The minimum Gasteiger partial charge on any atom is -0.487 e. The molecule has 3 rings (SSSR count). The molecule has 0 amide bonds. The first-order chi connectivity index (χ1) is 13.8. The van der Waals surface area contributed by atoms with Crippen LogP contribution in [0.25, 0.3) is 0 Å². The minimum atomic E-state index is -0.429. The molecular formula is C21H15Br2ClN2O3. The maximum Gasteiger partial charge on any atom is 0.269 e. The van der Waals surface area contributed by atoms with Crippen molar-refractivity contribution < 1.29 is 9.66 Å². The van der Waals surface area contributed by atoms with Gasteiger partial charge in [0.2, 0.25) is 0 Å². The van der Waals surface area contributed by atoms with E-state index in [9.17, 15) is 10.1 Å². The molecule has 148 valence electrons. The van der Waals surface area contributed by atoms with Crippen LogP contribution in [0.2, 0.25) is 5.02 Å². The molecule has 29 heavy (non-hydrogen) atoms. The van der Waals surface area contributed by atoms with Gasteiger partial charge in [-0.3, -0.25) is 15.1 Å². The molecule has 0 atom stereocenters. The molecule has 5 nitrogen and oxygen atoms in total. The molecule has 3 aromatic rings. The molecule has 0 unspecified atom stereocenters. The first kappa shape index (κ1) is 21.5. The Morgan fingerprint density at radius 1 is 1.14 bits per heavy atom. The molecule has 8 heteroatoms. The van der Waals surface area contributed by atoms with Gasteiger partial charge in [0, 0.05) is 33.4 Å². The van der Waals surface area contributed by atoms with Gasteiger partial charge in [-0.1, -0.05) is 33.6 Å². The molecule has 0 aromatic heterocycles. The van der Waals surface area contributed by atoms with Gasteiger partial charge in [-0.2, -0.15) is 0 Å². The lowest BCUT2D eigenvalue weighted by atomic mass is 10.2. The molecule has 0 saturated heterocycles. The summed E-state index contributed by atoms with van der Waals surface area (Å²) in [5.41, 5.74) is 3.35. The maximum absolute atomic E-state index is 10.8. The second kappa shape index (κ2) is 9.52. The summed E-state index contributed by atoms with van der Waals surface area (Å²) in [5.74, 6) is 0.619. The Morgan fingerprint density at radius 2 is 1.86 bits per heavy atom. The van der Waals surface area contributed by atoms with Crippen LogP contribution in [0, 0.1) is 17.0 Å². The summed E-state index contributed by atoms with van der Waals surface area (Å²) >= 11 is 13.2. The average molecular weight is 539 g/mol. The van der Waals surface area contributed by atoms with Crippen molar-refractivity contribution in [1.82, 2.24) is 0 Å². The molecule has 0 fully saturated rings. The number of halogens is 3. The van der Waals surface area contributed by atoms with Crippen LogP contribution in [0.5, 0.6) is 5.75 Å². The predicted molar refractivity (Wildman–Crippen MR) is 123 cm³/mol. The fourth-order valence-electron chi connectivity index (χ4n) is 2.50. The van der Waals surface area contributed by atoms with Crippen LogP contribution in [0.4, 0.5) is 11.4 Å². The number of ether oxygens (including phenoxy) is 1. The normalized spacial score (nSPS) is 11.0. The van der Waals surface area contributed by atoms with Gasteiger partial charge >= 0.3 is 0 Å². The summed E-state index contributed by atoms with van der Waals surface area (Å²) in [4.78, 5) is 14.9. The Labute approximate surface area is 189 Å². The molecule has 0 radical (unpaired) electrons. The number of nitrogens with zero attached hydrogens (tertiary/aromatic N) is 2. The number of hydrogen-bond acceptors (Lipinski definition) is 4. The minimum absolute atomic E-state index is 0.0446. The third-order valence-electron chi connectivity index (χ3n) is 4.08. The lowest BCUT2D eigenvalue weighted by Crippen LogP contribution is -2.00. The summed E-state index contributed by atoms with van der Waals surface area (Å²) in [7, 11) is 0. The highest BCUT2D eigenvalue weighted by Crippen LogP contribution is 2.33. The maximum atomic E-state index is 10.8. The van der Waals surface area contributed by atoms with Crippen LogP contribution in [-0.4, -0.2) is 11.1 Å². The van der Waals surface area contributed by atoms with Crippen LogP contribution in [0.1, 0.15) is 16.7 Å². The Bertz CT molecular complexity index is 1090. The Kier molecular flexibility index (Phi) is 7.05. The van der Waals surface area contributed by atoms with Crippen molar-refractivity contribution in [1.29, 1.82) is 0 Å². The molecule has 0 N–H and O–H groups in total. The largest absolute Gasteiger partial charge is 0.487 e. The molecule has 0 bridgehead atoms.